The zero-order valence-corrected chi connectivity index (χ0v) is 14.1. The number of hydrogen-bond donors (Lipinski definition) is 2. The highest BCUT2D eigenvalue weighted by molar-refractivity contribution is 6.03. The first kappa shape index (κ1) is 17.6. The Kier molecular flexibility index (Phi) is 5.56. The summed E-state index contributed by atoms with van der Waals surface area (Å²) < 4.78 is 5.46. The van der Waals surface area contributed by atoms with Crippen LogP contribution in [-0.2, 0) is 4.74 Å². The predicted octanol–water partition coefficient (Wildman–Crippen LogP) is 2.11. The highest BCUT2D eigenvalue weighted by Gasteiger charge is 2.18. The van der Waals surface area contributed by atoms with Gasteiger partial charge in [0.2, 0.25) is 0 Å². The molecule has 1 saturated heterocycles. The summed E-state index contributed by atoms with van der Waals surface area (Å²) in [6, 6.07) is 13.2. The van der Waals surface area contributed by atoms with E-state index in [9.17, 15) is 9.59 Å². The smallest absolute Gasteiger partial charge is 0.274 e. The molecule has 1 aliphatic rings. The van der Waals surface area contributed by atoms with Crippen molar-refractivity contribution in [3.05, 3.63) is 59.4 Å². The van der Waals surface area contributed by atoms with Gasteiger partial charge in [-0.25, -0.2) is 4.98 Å². The van der Waals surface area contributed by atoms with Crippen molar-refractivity contribution in [3.63, 3.8) is 0 Å². The monoisotopic (exact) mass is 350 g/mol. The number of aromatic nitrogens is 1. The van der Waals surface area contributed by atoms with Crippen LogP contribution in [0.2, 0.25) is 0 Å². The van der Waals surface area contributed by atoms with E-state index in [1.165, 1.54) is 6.07 Å². The van der Waals surface area contributed by atoms with Crippen LogP contribution >= 0.6 is 0 Å². The maximum Gasteiger partial charge on any atom is 0.274 e. The third-order valence-corrected chi connectivity index (χ3v) is 4.00. The molecule has 0 spiro atoms. The molecule has 1 unspecified atom stereocenters. The van der Waals surface area contributed by atoms with E-state index in [-0.39, 0.29) is 23.4 Å². The molecule has 1 aromatic carbocycles. The molecule has 3 rings (SSSR count). The molecule has 2 heterocycles. The quantitative estimate of drug-likeness (QED) is 0.859. The van der Waals surface area contributed by atoms with Gasteiger partial charge >= 0.3 is 0 Å². The molecule has 0 bridgehead atoms. The van der Waals surface area contributed by atoms with Crippen LogP contribution in [0.25, 0.3) is 0 Å². The normalized spacial score (nSPS) is 15.9. The second-order valence-corrected chi connectivity index (χ2v) is 5.90. The number of rotatable bonds is 5. The molecule has 1 aliphatic heterocycles. The number of nitrogens with one attached hydrogen (secondary N) is 2. The lowest BCUT2D eigenvalue weighted by Crippen LogP contribution is -2.32. The fourth-order valence-electron chi connectivity index (χ4n) is 2.61. The van der Waals surface area contributed by atoms with Crippen molar-refractivity contribution >= 4 is 17.5 Å². The van der Waals surface area contributed by atoms with Crippen LogP contribution in [0.5, 0.6) is 0 Å². The van der Waals surface area contributed by atoms with Gasteiger partial charge in [-0.1, -0.05) is 6.07 Å². The standard InChI is InChI=1S/C19H18N4O3/c20-11-13-6-8-14(9-7-13)22-19(25)17-5-1-4-16(23-17)18(24)21-12-15-3-2-10-26-15/h1,4-9,15H,2-3,10,12H2,(H,21,24)(H,22,25). The third kappa shape index (κ3) is 4.43. The lowest BCUT2D eigenvalue weighted by atomic mass is 10.2. The van der Waals surface area contributed by atoms with Crippen molar-refractivity contribution in [1.29, 1.82) is 5.26 Å². The van der Waals surface area contributed by atoms with Gasteiger partial charge in [-0.05, 0) is 49.2 Å². The number of nitriles is 1. The molecule has 2 aromatic rings. The summed E-state index contributed by atoms with van der Waals surface area (Å²) in [6.07, 6.45) is 1.98. The average Bonchev–Trinajstić information content (AvgIpc) is 3.20. The second-order valence-electron chi connectivity index (χ2n) is 5.90. The van der Waals surface area contributed by atoms with Gasteiger partial charge in [0.25, 0.3) is 11.8 Å². The summed E-state index contributed by atoms with van der Waals surface area (Å²) in [5.41, 5.74) is 1.37. The predicted molar refractivity (Wildman–Crippen MR) is 94.7 cm³/mol. The first-order valence-corrected chi connectivity index (χ1v) is 8.34. The molecular formula is C19H18N4O3. The molecule has 0 radical (unpaired) electrons. The van der Waals surface area contributed by atoms with Crippen molar-refractivity contribution in [3.8, 4) is 6.07 Å². The van der Waals surface area contributed by atoms with E-state index in [1.54, 1.807) is 36.4 Å². The van der Waals surface area contributed by atoms with Crippen LogP contribution in [0.1, 0.15) is 39.4 Å². The van der Waals surface area contributed by atoms with E-state index in [0.29, 0.717) is 17.8 Å². The van der Waals surface area contributed by atoms with Crippen molar-refractivity contribution in [2.24, 2.45) is 0 Å². The summed E-state index contributed by atoms with van der Waals surface area (Å²) in [7, 11) is 0. The van der Waals surface area contributed by atoms with Gasteiger partial charge in [0.15, 0.2) is 0 Å². The lowest BCUT2D eigenvalue weighted by molar-refractivity contribution is 0.0853. The van der Waals surface area contributed by atoms with Crippen LogP contribution in [0.3, 0.4) is 0 Å². The number of nitrogens with zero attached hydrogens (tertiary/aromatic N) is 2. The molecule has 26 heavy (non-hydrogen) atoms. The van der Waals surface area contributed by atoms with E-state index in [4.69, 9.17) is 10.00 Å². The van der Waals surface area contributed by atoms with Gasteiger partial charge in [0.1, 0.15) is 11.4 Å². The zero-order chi connectivity index (χ0) is 18.4. The Morgan fingerprint density at radius 3 is 2.54 bits per heavy atom. The van der Waals surface area contributed by atoms with E-state index in [0.717, 1.165) is 19.4 Å². The van der Waals surface area contributed by atoms with Crippen molar-refractivity contribution in [2.45, 2.75) is 18.9 Å². The van der Waals surface area contributed by atoms with Crippen LogP contribution in [0.15, 0.2) is 42.5 Å². The van der Waals surface area contributed by atoms with E-state index < -0.39 is 5.91 Å². The van der Waals surface area contributed by atoms with Gasteiger partial charge in [-0.3, -0.25) is 9.59 Å². The number of benzene rings is 1. The molecule has 1 fully saturated rings. The van der Waals surface area contributed by atoms with Crippen LogP contribution in [-0.4, -0.2) is 36.1 Å². The number of anilines is 1. The lowest BCUT2D eigenvalue weighted by Gasteiger charge is -2.11. The van der Waals surface area contributed by atoms with Crippen LogP contribution in [0, 0.1) is 11.3 Å². The third-order valence-electron chi connectivity index (χ3n) is 4.00. The molecule has 0 aliphatic carbocycles. The molecule has 1 aromatic heterocycles. The summed E-state index contributed by atoms with van der Waals surface area (Å²) >= 11 is 0. The molecule has 7 heteroatoms. The number of carbonyl (C=O) groups excluding carboxylic acids is 2. The SMILES string of the molecule is N#Cc1ccc(NC(=O)c2cccc(C(=O)NCC3CCCO3)n2)cc1. The zero-order valence-electron chi connectivity index (χ0n) is 14.1. The molecule has 1 atom stereocenters. The second kappa shape index (κ2) is 8.23. The Labute approximate surface area is 151 Å². The minimum absolute atomic E-state index is 0.0433. The van der Waals surface area contributed by atoms with Gasteiger partial charge in [-0.2, -0.15) is 5.26 Å². The molecular weight excluding hydrogens is 332 g/mol. The van der Waals surface area contributed by atoms with E-state index in [2.05, 4.69) is 15.6 Å². The highest BCUT2D eigenvalue weighted by atomic mass is 16.5. The largest absolute Gasteiger partial charge is 0.376 e. The maximum atomic E-state index is 12.3. The molecule has 132 valence electrons. The van der Waals surface area contributed by atoms with Gasteiger partial charge in [0, 0.05) is 18.8 Å². The van der Waals surface area contributed by atoms with Gasteiger partial charge < -0.3 is 15.4 Å². The fourth-order valence-corrected chi connectivity index (χ4v) is 2.61. The van der Waals surface area contributed by atoms with Crippen LogP contribution in [0.4, 0.5) is 5.69 Å². The number of hydrogen-bond acceptors (Lipinski definition) is 5. The molecule has 2 amide bonds. The summed E-state index contributed by atoms with van der Waals surface area (Å²) in [5.74, 6) is -0.767. The first-order valence-electron chi connectivity index (χ1n) is 8.34. The van der Waals surface area contributed by atoms with E-state index >= 15 is 0 Å². The number of amides is 2. The topological polar surface area (TPSA) is 104 Å². The highest BCUT2D eigenvalue weighted by Crippen LogP contribution is 2.12. The van der Waals surface area contributed by atoms with Crippen molar-refractivity contribution in [2.75, 3.05) is 18.5 Å². The molecule has 0 saturated carbocycles. The number of pyridine rings is 1. The van der Waals surface area contributed by atoms with Gasteiger partial charge in [-0.15, -0.1) is 0 Å². The molecule has 2 N–H and O–H groups in total. The Morgan fingerprint density at radius 1 is 1.15 bits per heavy atom. The van der Waals surface area contributed by atoms with Crippen molar-refractivity contribution < 1.29 is 14.3 Å². The first-order chi connectivity index (χ1) is 12.7. The Hall–Kier alpha value is -3.24. The minimum Gasteiger partial charge on any atom is -0.376 e. The van der Waals surface area contributed by atoms with Crippen LogP contribution < -0.4 is 10.6 Å². The summed E-state index contributed by atoms with van der Waals surface area (Å²) in [5, 5.41) is 14.3. The van der Waals surface area contributed by atoms with Gasteiger partial charge in [0.05, 0.1) is 17.7 Å². The maximum absolute atomic E-state index is 12.3. The van der Waals surface area contributed by atoms with E-state index in [1.807, 2.05) is 6.07 Å². The molecule has 7 nitrogen and oxygen atoms in total. The summed E-state index contributed by atoms with van der Waals surface area (Å²) in [6.45, 7) is 1.16. The number of carbonyl (C=O) groups is 2. The Morgan fingerprint density at radius 2 is 1.88 bits per heavy atom. The fraction of sp³-hybridized carbons (Fsp3) is 0.263. The minimum atomic E-state index is -0.427. The summed E-state index contributed by atoms with van der Waals surface area (Å²) in [4.78, 5) is 28.7. The Balaban J connectivity index is 1.62. The Bertz CT molecular complexity index is 837. The van der Waals surface area contributed by atoms with Crippen molar-refractivity contribution in [1.82, 2.24) is 10.3 Å². The average molecular weight is 350 g/mol. The number of ether oxygens (including phenoxy) is 1.